The zero-order chi connectivity index (χ0) is 13.7. The maximum atomic E-state index is 3.63. The van der Waals surface area contributed by atoms with Gasteiger partial charge in [-0.2, -0.15) is 0 Å². The molecule has 0 saturated heterocycles. The standard InChI is InChI=1S/C16H22N2S/c1-4-11-17-16(15-6-5-12-19-15)13-7-9-14(10-8-13)18(2)3/h5-10,12,16-17H,4,11H2,1-3H3. The first kappa shape index (κ1) is 14.1. The Kier molecular flexibility index (Phi) is 5.00. The van der Waals surface area contributed by atoms with Crippen molar-refractivity contribution in [2.75, 3.05) is 25.5 Å². The Morgan fingerprint density at radius 2 is 1.89 bits per heavy atom. The molecule has 0 aliphatic carbocycles. The zero-order valence-electron chi connectivity index (χ0n) is 11.9. The van der Waals surface area contributed by atoms with Crippen LogP contribution in [0, 0.1) is 0 Å². The van der Waals surface area contributed by atoms with Crippen molar-refractivity contribution in [2.45, 2.75) is 19.4 Å². The first-order chi connectivity index (χ1) is 9.22. The van der Waals surface area contributed by atoms with Gasteiger partial charge in [0.05, 0.1) is 6.04 Å². The van der Waals surface area contributed by atoms with E-state index in [0.29, 0.717) is 6.04 Å². The van der Waals surface area contributed by atoms with Crippen LogP contribution < -0.4 is 10.2 Å². The fourth-order valence-electron chi connectivity index (χ4n) is 2.09. The third kappa shape index (κ3) is 3.58. The van der Waals surface area contributed by atoms with Gasteiger partial charge in [-0.05, 0) is 42.1 Å². The van der Waals surface area contributed by atoms with Gasteiger partial charge < -0.3 is 10.2 Å². The molecule has 19 heavy (non-hydrogen) atoms. The molecule has 0 spiro atoms. The molecular formula is C16H22N2S. The summed E-state index contributed by atoms with van der Waals surface area (Å²) in [5, 5.41) is 5.78. The largest absolute Gasteiger partial charge is 0.378 e. The van der Waals surface area contributed by atoms with E-state index >= 15 is 0 Å². The van der Waals surface area contributed by atoms with Gasteiger partial charge >= 0.3 is 0 Å². The number of thiophene rings is 1. The first-order valence-electron chi connectivity index (χ1n) is 6.76. The second-order valence-electron chi connectivity index (χ2n) is 4.89. The number of nitrogens with zero attached hydrogens (tertiary/aromatic N) is 1. The highest BCUT2D eigenvalue weighted by molar-refractivity contribution is 7.10. The van der Waals surface area contributed by atoms with E-state index in [1.165, 1.54) is 16.1 Å². The molecule has 2 rings (SSSR count). The zero-order valence-corrected chi connectivity index (χ0v) is 12.7. The lowest BCUT2D eigenvalue weighted by molar-refractivity contribution is 0.606. The number of nitrogens with one attached hydrogen (secondary N) is 1. The molecule has 1 aromatic carbocycles. The Morgan fingerprint density at radius 3 is 2.42 bits per heavy atom. The van der Waals surface area contributed by atoms with Crippen LogP contribution in [-0.4, -0.2) is 20.6 Å². The highest BCUT2D eigenvalue weighted by Gasteiger charge is 2.14. The van der Waals surface area contributed by atoms with Gasteiger partial charge in [0.25, 0.3) is 0 Å². The minimum Gasteiger partial charge on any atom is -0.378 e. The van der Waals surface area contributed by atoms with Crippen LogP contribution in [-0.2, 0) is 0 Å². The van der Waals surface area contributed by atoms with E-state index in [0.717, 1.165) is 13.0 Å². The van der Waals surface area contributed by atoms with E-state index in [1.807, 2.05) is 11.3 Å². The Morgan fingerprint density at radius 1 is 1.16 bits per heavy atom. The highest BCUT2D eigenvalue weighted by Crippen LogP contribution is 2.27. The van der Waals surface area contributed by atoms with E-state index in [4.69, 9.17) is 0 Å². The summed E-state index contributed by atoms with van der Waals surface area (Å²) in [6.07, 6.45) is 1.15. The monoisotopic (exact) mass is 274 g/mol. The highest BCUT2D eigenvalue weighted by atomic mass is 32.1. The minimum absolute atomic E-state index is 0.316. The van der Waals surface area contributed by atoms with Crippen LogP contribution >= 0.6 is 11.3 Å². The normalized spacial score (nSPS) is 12.4. The average Bonchev–Trinajstić information content (AvgIpc) is 2.94. The second kappa shape index (κ2) is 6.73. The molecular weight excluding hydrogens is 252 g/mol. The number of benzene rings is 1. The maximum absolute atomic E-state index is 3.63. The quantitative estimate of drug-likeness (QED) is 0.859. The molecule has 2 aromatic rings. The molecule has 0 fully saturated rings. The molecule has 2 nitrogen and oxygen atoms in total. The van der Waals surface area contributed by atoms with Crippen molar-refractivity contribution in [1.82, 2.24) is 5.32 Å². The van der Waals surface area contributed by atoms with Gasteiger partial charge in [-0.15, -0.1) is 11.3 Å². The van der Waals surface area contributed by atoms with Crippen molar-refractivity contribution in [3.8, 4) is 0 Å². The molecule has 0 radical (unpaired) electrons. The van der Waals surface area contributed by atoms with E-state index < -0.39 is 0 Å². The molecule has 1 aromatic heterocycles. The molecule has 1 heterocycles. The fourth-order valence-corrected chi connectivity index (χ4v) is 2.92. The molecule has 0 aliphatic rings. The van der Waals surface area contributed by atoms with Crippen LogP contribution in [0.2, 0.25) is 0 Å². The molecule has 0 amide bonds. The molecule has 1 atom stereocenters. The molecule has 1 unspecified atom stereocenters. The maximum Gasteiger partial charge on any atom is 0.0671 e. The van der Waals surface area contributed by atoms with Crippen molar-refractivity contribution in [3.05, 3.63) is 52.2 Å². The summed E-state index contributed by atoms with van der Waals surface area (Å²) < 4.78 is 0. The SMILES string of the molecule is CCCNC(c1ccc(N(C)C)cc1)c1cccs1. The molecule has 1 N–H and O–H groups in total. The van der Waals surface area contributed by atoms with Crippen molar-refractivity contribution in [1.29, 1.82) is 0 Å². The van der Waals surface area contributed by atoms with Crippen LogP contribution in [0.3, 0.4) is 0 Å². The predicted octanol–water partition coefficient (Wildman–Crippen LogP) is 3.90. The Labute approximate surface area is 120 Å². The Balaban J connectivity index is 2.22. The van der Waals surface area contributed by atoms with E-state index in [1.54, 1.807) is 0 Å². The van der Waals surface area contributed by atoms with Gasteiger partial charge in [0.1, 0.15) is 0 Å². The summed E-state index contributed by atoms with van der Waals surface area (Å²) in [4.78, 5) is 3.51. The molecule has 0 aliphatic heterocycles. The predicted molar refractivity (Wildman–Crippen MR) is 85.2 cm³/mol. The van der Waals surface area contributed by atoms with Crippen LogP contribution in [0.15, 0.2) is 41.8 Å². The van der Waals surface area contributed by atoms with Gasteiger partial charge in [0, 0.05) is 24.7 Å². The number of hydrogen-bond donors (Lipinski definition) is 1. The number of rotatable bonds is 6. The summed E-state index contributed by atoms with van der Waals surface area (Å²) in [6, 6.07) is 13.5. The topological polar surface area (TPSA) is 15.3 Å². The summed E-state index contributed by atoms with van der Waals surface area (Å²) in [6.45, 7) is 3.24. The van der Waals surface area contributed by atoms with Gasteiger partial charge in [-0.3, -0.25) is 0 Å². The lowest BCUT2D eigenvalue weighted by atomic mass is 10.0. The summed E-state index contributed by atoms with van der Waals surface area (Å²) >= 11 is 1.81. The van der Waals surface area contributed by atoms with Crippen molar-refractivity contribution >= 4 is 17.0 Å². The number of anilines is 1. The first-order valence-corrected chi connectivity index (χ1v) is 7.64. The van der Waals surface area contributed by atoms with Gasteiger partial charge in [0.2, 0.25) is 0 Å². The molecule has 3 heteroatoms. The van der Waals surface area contributed by atoms with E-state index in [-0.39, 0.29) is 0 Å². The molecule has 102 valence electrons. The van der Waals surface area contributed by atoms with Crippen LogP contribution in [0.4, 0.5) is 5.69 Å². The van der Waals surface area contributed by atoms with Crippen molar-refractivity contribution < 1.29 is 0 Å². The minimum atomic E-state index is 0.316. The Bertz CT molecular complexity index is 474. The number of hydrogen-bond acceptors (Lipinski definition) is 3. The lowest BCUT2D eigenvalue weighted by Gasteiger charge is -2.19. The fraction of sp³-hybridized carbons (Fsp3) is 0.375. The average molecular weight is 274 g/mol. The van der Waals surface area contributed by atoms with E-state index in [9.17, 15) is 0 Å². The lowest BCUT2D eigenvalue weighted by Crippen LogP contribution is -2.22. The molecule has 0 bridgehead atoms. The van der Waals surface area contributed by atoms with Crippen molar-refractivity contribution in [2.24, 2.45) is 0 Å². The van der Waals surface area contributed by atoms with Crippen LogP contribution in [0.25, 0.3) is 0 Å². The smallest absolute Gasteiger partial charge is 0.0671 e. The summed E-state index contributed by atoms with van der Waals surface area (Å²) in [5.74, 6) is 0. The Hall–Kier alpha value is -1.32. The van der Waals surface area contributed by atoms with Gasteiger partial charge in [0.15, 0.2) is 0 Å². The van der Waals surface area contributed by atoms with Gasteiger partial charge in [-0.1, -0.05) is 25.1 Å². The van der Waals surface area contributed by atoms with Crippen molar-refractivity contribution in [3.63, 3.8) is 0 Å². The van der Waals surface area contributed by atoms with E-state index in [2.05, 4.69) is 73.0 Å². The molecule has 0 saturated carbocycles. The van der Waals surface area contributed by atoms with Crippen LogP contribution in [0.1, 0.15) is 29.8 Å². The van der Waals surface area contributed by atoms with Gasteiger partial charge in [-0.25, -0.2) is 0 Å². The second-order valence-corrected chi connectivity index (χ2v) is 5.87. The third-order valence-electron chi connectivity index (χ3n) is 3.17. The summed E-state index contributed by atoms with van der Waals surface area (Å²) in [7, 11) is 4.14. The summed E-state index contributed by atoms with van der Waals surface area (Å²) in [5.41, 5.74) is 2.57. The third-order valence-corrected chi connectivity index (χ3v) is 4.11. The van der Waals surface area contributed by atoms with Crippen LogP contribution in [0.5, 0.6) is 0 Å².